The molecule has 1 heterocycles. The number of pyridine rings is 1. The van der Waals surface area contributed by atoms with E-state index in [1.165, 1.54) is 5.56 Å². The van der Waals surface area contributed by atoms with Crippen LogP contribution in [0.15, 0.2) is 121 Å². The number of benzene rings is 4. The second-order valence-corrected chi connectivity index (χ2v) is 7.70. The van der Waals surface area contributed by atoms with Crippen LogP contribution in [0, 0.1) is 0 Å². The van der Waals surface area contributed by atoms with E-state index < -0.39 is 0 Å². The quantitative estimate of drug-likeness (QED) is 0.279. The van der Waals surface area contributed by atoms with Gasteiger partial charge in [-0.1, -0.05) is 84.9 Å². The van der Waals surface area contributed by atoms with Crippen LogP contribution in [-0.2, 0) is 0 Å². The number of nitrogens with zero attached hydrogens (tertiary/aromatic N) is 1. The van der Waals surface area contributed by atoms with Crippen molar-refractivity contribution in [1.29, 1.82) is 0 Å². The van der Waals surface area contributed by atoms with E-state index in [4.69, 9.17) is 0 Å². The molecule has 32 heavy (non-hydrogen) atoms. The van der Waals surface area contributed by atoms with Crippen molar-refractivity contribution in [2.24, 2.45) is 0 Å². The smallest absolute Gasteiger partial charge is 0.150 e. The molecule has 0 fully saturated rings. The van der Waals surface area contributed by atoms with Gasteiger partial charge in [0.05, 0.1) is 5.69 Å². The number of hydrogen-bond acceptors (Lipinski definition) is 2. The monoisotopic (exact) mass is 411 g/mol. The third-order valence-corrected chi connectivity index (χ3v) is 5.60. The van der Waals surface area contributed by atoms with E-state index in [1.807, 2.05) is 48.7 Å². The van der Waals surface area contributed by atoms with E-state index in [0.29, 0.717) is 5.56 Å². The summed E-state index contributed by atoms with van der Waals surface area (Å²) in [6.45, 7) is 0. The minimum absolute atomic E-state index is 0.686. The fraction of sp³-hybridized carbons (Fsp3) is 0. The highest BCUT2D eigenvalue weighted by Crippen LogP contribution is 2.31. The molecule has 1 aromatic heterocycles. The van der Waals surface area contributed by atoms with Crippen LogP contribution in [0.1, 0.15) is 10.4 Å². The Kier molecular flexibility index (Phi) is 5.42. The first-order valence-corrected chi connectivity index (χ1v) is 10.6. The average molecular weight is 412 g/mol. The van der Waals surface area contributed by atoms with E-state index in [1.54, 1.807) is 0 Å². The van der Waals surface area contributed by atoms with Gasteiger partial charge in [0.1, 0.15) is 6.29 Å². The Labute approximate surface area is 187 Å². The molecule has 0 atom stereocenters. The van der Waals surface area contributed by atoms with E-state index in [2.05, 4.69) is 77.8 Å². The Morgan fingerprint density at radius 2 is 0.969 bits per heavy atom. The van der Waals surface area contributed by atoms with Crippen molar-refractivity contribution < 1.29 is 4.79 Å². The first-order chi connectivity index (χ1) is 15.8. The lowest BCUT2D eigenvalue weighted by atomic mass is 9.95. The molecule has 0 saturated heterocycles. The van der Waals surface area contributed by atoms with Crippen molar-refractivity contribution in [3.63, 3.8) is 0 Å². The molecule has 0 aliphatic carbocycles. The van der Waals surface area contributed by atoms with Gasteiger partial charge in [-0.25, -0.2) is 0 Å². The standard InChI is InChI=1S/C30H21NO/c32-21-22-13-15-23(16-14-22)24-6-3-7-25(18-24)26-8-4-9-27(19-26)28-10-5-11-29(20-28)30-12-1-2-17-31-30/h1-21H. The third-order valence-electron chi connectivity index (χ3n) is 5.60. The van der Waals surface area contributed by atoms with Crippen molar-refractivity contribution in [3.05, 3.63) is 127 Å². The number of aldehydes is 1. The molecule has 0 amide bonds. The molecule has 2 nitrogen and oxygen atoms in total. The predicted octanol–water partition coefficient (Wildman–Crippen LogP) is 7.56. The molecule has 2 heteroatoms. The van der Waals surface area contributed by atoms with Crippen molar-refractivity contribution in [2.45, 2.75) is 0 Å². The maximum atomic E-state index is 10.9. The van der Waals surface area contributed by atoms with Crippen LogP contribution in [0.3, 0.4) is 0 Å². The van der Waals surface area contributed by atoms with Gasteiger partial charge >= 0.3 is 0 Å². The molecule has 0 saturated carbocycles. The maximum Gasteiger partial charge on any atom is 0.150 e. The highest BCUT2D eigenvalue weighted by Gasteiger charge is 2.06. The Hall–Kier alpha value is -4.30. The van der Waals surface area contributed by atoms with Crippen molar-refractivity contribution in [1.82, 2.24) is 4.98 Å². The summed E-state index contributed by atoms with van der Waals surface area (Å²) in [6, 6.07) is 39.3. The van der Waals surface area contributed by atoms with Gasteiger partial charge in [0.2, 0.25) is 0 Å². The lowest BCUT2D eigenvalue weighted by Gasteiger charge is -2.10. The van der Waals surface area contributed by atoms with Gasteiger partial charge < -0.3 is 0 Å². The molecular formula is C30H21NO. The summed E-state index contributed by atoms with van der Waals surface area (Å²) >= 11 is 0. The fourth-order valence-electron chi connectivity index (χ4n) is 3.90. The summed E-state index contributed by atoms with van der Waals surface area (Å²) in [5, 5.41) is 0. The van der Waals surface area contributed by atoms with Crippen LogP contribution < -0.4 is 0 Å². The number of carbonyl (C=O) groups excluding carboxylic acids is 1. The molecule has 0 bridgehead atoms. The molecule has 0 radical (unpaired) electrons. The van der Waals surface area contributed by atoms with E-state index >= 15 is 0 Å². The molecule has 0 spiro atoms. The van der Waals surface area contributed by atoms with Crippen LogP contribution in [0.25, 0.3) is 44.6 Å². The van der Waals surface area contributed by atoms with E-state index in [0.717, 1.165) is 45.4 Å². The number of carbonyl (C=O) groups is 1. The van der Waals surface area contributed by atoms with Crippen LogP contribution in [0.2, 0.25) is 0 Å². The van der Waals surface area contributed by atoms with Gasteiger partial charge in [-0.3, -0.25) is 9.78 Å². The highest BCUT2D eigenvalue weighted by molar-refractivity contribution is 5.80. The molecule has 0 N–H and O–H groups in total. The highest BCUT2D eigenvalue weighted by atomic mass is 16.1. The molecular weight excluding hydrogens is 390 g/mol. The van der Waals surface area contributed by atoms with Gasteiger partial charge in [-0.2, -0.15) is 0 Å². The van der Waals surface area contributed by atoms with Gasteiger partial charge in [-0.05, 0) is 63.7 Å². The number of rotatable bonds is 5. The normalized spacial score (nSPS) is 10.6. The van der Waals surface area contributed by atoms with Crippen LogP contribution in [0.4, 0.5) is 0 Å². The summed E-state index contributed by atoms with van der Waals surface area (Å²) in [4.78, 5) is 15.4. The summed E-state index contributed by atoms with van der Waals surface area (Å²) in [7, 11) is 0. The zero-order valence-electron chi connectivity index (χ0n) is 17.5. The molecule has 4 aromatic carbocycles. The third kappa shape index (κ3) is 4.12. The Balaban J connectivity index is 1.49. The van der Waals surface area contributed by atoms with Crippen LogP contribution in [-0.4, -0.2) is 11.3 Å². The predicted molar refractivity (Wildman–Crippen MR) is 131 cm³/mol. The zero-order chi connectivity index (χ0) is 21.8. The minimum Gasteiger partial charge on any atom is -0.298 e. The lowest BCUT2D eigenvalue weighted by Crippen LogP contribution is -1.86. The second-order valence-electron chi connectivity index (χ2n) is 7.70. The summed E-state index contributed by atoms with van der Waals surface area (Å²) < 4.78 is 0. The Morgan fingerprint density at radius 3 is 1.47 bits per heavy atom. The summed E-state index contributed by atoms with van der Waals surface area (Å²) in [5.74, 6) is 0. The van der Waals surface area contributed by atoms with Crippen molar-refractivity contribution >= 4 is 6.29 Å². The number of hydrogen-bond donors (Lipinski definition) is 0. The van der Waals surface area contributed by atoms with Gasteiger partial charge in [-0.15, -0.1) is 0 Å². The van der Waals surface area contributed by atoms with Gasteiger partial charge in [0.15, 0.2) is 0 Å². The Morgan fingerprint density at radius 1 is 0.469 bits per heavy atom. The fourth-order valence-corrected chi connectivity index (χ4v) is 3.90. The first kappa shape index (κ1) is 19.7. The van der Waals surface area contributed by atoms with Crippen molar-refractivity contribution in [2.75, 3.05) is 0 Å². The Bertz CT molecular complexity index is 1370. The zero-order valence-corrected chi connectivity index (χ0v) is 17.5. The second kappa shape index (κ2) is 8.83. The van der Waals surface area contributed by atoms with Gasteiger partial charge in [0.25, 0.3) is 0 Å². The SMILES string of the molecule is O=Cc1ccc(-c2cccc(-c3cccc(-c4cccc(-c5ccccn5)c4)c3)c2)cc1. The number of aromatic nitrogens is 1. The first-order valence-electron chi connectivity index (χ1n) is 10.6. The van der Waals surface area contributed by atoms with Gasteiger partial charge in [0, 0.05) is 17.3 Å². The van der Waals surface area contributed by atoms with Crippen LogP contribution >= 0.6 is 0 Å². The molecule has 0 aliphatic rings. The van der Waals surface area contributed by atoms with E-state index in [9.17, 15) is 4.79 Å². The minimum atomic E-state index is 0.686. The summed E-state index contributed by atoms with van der Waals surface area (Å²) in [6.07, 6.45) is 2.69. The molecule has 0 aliphatic heterocycles. The molecule has 0 unspecified atom stereocenters. The average Bonchev–Trinajstić information content (AvgIpc) is 2.89. The topological polar surface area (TPSA) is 30.0 Å². The molecule has 5 rings (SSSR count). The lowest BCUT2D eigenvalue weighted by molar-refractivity contribution is 0.112. The largest absolute Gasteiger partial charge is 0.298 e. The van der Waals surface area contributed by atoms with E-state index in [-0.39, 0.29) is 0 Å². The summed E-state index contributed by atoms with van der Waals surface area (Å²) in [5.41, 5.74) is 9.64. The van der Waals surface area contributed by atoms with Crippen LogP contribution in [0.5, 0.6) is 0 Å². The van der Waals surface area contributed by atoms with Crippen molar-refractivity contribution in [3.8, 4) is 44.6 Å². The maximum absolute atomic E-state index is 10.9. The molecule has 152 valence electrons. The molecule has 5 aromatic rings.